The van der Waals surface area contributed by atoms with Crippen LogP contribution in [0.2, 0.25) is 0 Å². The maximum atomic E-state index is 15.2. The highest BCUT2D eigenvalue weighted by Crippen LogP contribution is 2.34. The summed E-state index contributed by atoms with van der Waals surface area (Å²) in [5, 5.41) is 3.59. The van der Waals surface area contributed by atoms with Gasteiger partial charge in [-0.15, -0.1) is 0 Å². The summed E-state index contributed by atoms with van der Waals surface area (Å²) in [6, 6.07) is 12.8. The molecular weight excluding hydrogens is 463 g/mol. The Hall–Kier alpha value is -4.18. The molecule has 0 aliphatic carbocycles. The maximum absolute atomic E-state index is 15.2. The number of amides is 1. The molecule has 0 atom stereocenters. The van der Waals surface area contributed by atoms with E-state index in [0.29, 0.717) is 24.1 Å². The largest absolute Gasteiger partial charge is 0.435 e. The van der Waals surface area contributed by atoms with Crippen molar-refractivity contribution in [2.24, 2.45) is 0 Å². The zero-order valence-electron chi connectivity index (χ0n) is 20.3. The number of morpholine rings is 1. The van der Waals surface area contributed by atoms with Gasteiger partial charge in [0.15, 0.2) is 17.4 Å². The molecule has 2 aromatic heterocycles. The Balaban J connectivity index is 1.46. The Kier molecular flexibility index (Phi) is 6.43. The summed E-state index contributed by atoms with van der Waals surface area (Å²) < 4.78 is 26.5. The second-order valence-electron chi connectivity index (χ2n) is 8.77. The van der Waals surface area contributed by atoms with Gasteiger partial charge in [0, 0.05) is 55.2 Å². The van der Waals surface area contributed by atoms with Crippen molar-refractivity contribution in [2.45, 2.75) is 6.92 Å². The molecule has 9 nitrogen and oxygen atoms in total. The van der Waals surface area contributed by atoms with Crippen LogP contribution >= 0.6 is 0 Å². The number of ether oxygens (including phenoxy) is 2. The van der Waals surface area contributed by atoms with Crippen LogP contribution in [0, 0.1) is 12.7 Å². The first-order chi connectivity index (χ1) is 17.4. The van der Waals surface area contributed by atoms with E-state index in [1.165, 1.54) is 17.3 Å². The van der Waals surface area contributed by atoms with Crippen LogP contribution in [-0.4, -0.2) is 66.2 Å². The summed E-state index contributed by atoms with van der Waals surface area (Å²) in [7, 11) is 3.24. The maximum Gasteiger partial charge on any atom is 0.262 e. The number of nitrogens with zero attached hydrogens (tertiary/aromatic N) is 4. The normalized spacial score (nSPS) is 13.6. The lowest BCUT2D eigenvalue weighted by molar-refractivity contribution is 0.0825. The molecule has 0 bridgehead atoms. The molecule has 0 saturated carbocycles. The van der Waals surface area contributed by atoms with Gasteiger partial charge in [0.25, 0.3) is 5.91 Å². The molecule has 1 saturated heterocycles. The standard InChI is InChI=1S/C26H27FN6O3/c1-16-14-19-20(30-16)8-9-21(23(19)27)36-25-22(26(34)32(2)3)24(28-15-29-25)31-17-4-6-18(7-5-17)33-10-12-35-13-11-33/h4-9,14-15,30H,10-13H2,1-3H3,(H,28,29,31). The number of carbonyl (C=O) groups excluding carboxylic acids is 1. The molecule has 2 N–H and O–H groups in total. The molecule has 1 aliphatic rings. The summed E-state index contributed by atoms with van der Waals surface area (Å²) in [5.74, 6) is -0.726. The lowest BCUT2D eigenvalue weighted by Crippen LogP contribution is -2.36. The Morgan fingerprint density at radius 1 is 1.14 bits per heavy atom. The lowest BCUT2D eigenvalue weighted by atomic mass is 10.2. The topological polar surface area (TPSA) is 95.6 Å². The van der Waals surface area contributed by atoms with Crippen LogP contribution < -0.4 is 15.0 Å². The van der Waals surface area contributed by atoms with Gasteiger partial charge >= 0.3 is 0 Å². The van der Waals surface area contributed by atoms with Crippen LogP contribution in [0.15, 0.2) is 48.8 Å². The van der Waals surface area contributed by atoms with Crippen LogP contribution in [-0.2, 0) is 4.74 Å². The molecule has 2 aromatic carbocycles. The number of benzene rings is 2. The molecule has 0 spiro atoms. The van der Waals surface area contributed by atoms with Gasteiger partial charge in [-0.1, -0.05) is 0 Å². The van der Waals surface area contributed by atoms with Crippen molar-refractivity contribution in [3.63, 3.8) is 0 Å². The number of hydrogen-bond donors (Lipinski definition) is 2. The van der Waals surface area contributed by atoms with Crippen LogP contribution in [0.25, 0.3) is 10.9 Å². The minimum absolute atomic E-state index is 0.0335. The van der Waals surface area contributed by atoms with Gasteiger partial charge in [-0.05, 0) is 49.4 Å². The Bertz CT molecular complexity index is 1400. The van der Waals surface area contributed by atoms with E-state index in [1.54, 1.807) is 26.2 Å². The van der Waals surface area contributed by atoms with Gasteiger partial charge in [0.1, 0.15) is 11.9 Å². The van der Waals surface area contributed by atoms with Crippen molar-refractivity contribution < 1.29 is 18.7 Å². The van der Waals surface area contributed by atoms with E-state index in [0.717, 1.165) is 30.2 Å². The van der Waals surface area contributed by atoms with Crippen molar-refractivity contribution in [1.29, 1.82) is 0 Å². The first-order valence-electron chi connectivity index (χ1n) is 11.6. The van der Waals surface area contributed by atoms with Gasteiger partial charge in [-0.25, -0.2) is 14.4 Å². The van der Waals surface area contributed by atoms with Gasteiger partial charge in [-0.3, -0.25) is 4.79 Å². The highest BCUT2D eigenvalue weighted by Gasteiger charge is 2.24. The van der Waals surface area contributed by atoms with Crippen molar-refractivity contribution >= 4 is 34.0 Å². The van der Waals surface area contributed by atoms with Crippen LogP contribution in [0.5, 0.6) is 11.6 Å². The van der Waals surface area contributed by atoms with E-state index in [1.807, 2.05) is 31.2 Å². The second kappa shape index (κ2) is 9.82. The fourth-order valence-corrected chi connectivity index (χ4v) is 4.14. The van der Waals surface area contributed by atoms with Gasteiger partial charge in [0.2, 0.25) is 5.88 Å². The van der Waals surface area contributed by atoms with E-state index in [-0.39, 0.29) is 28.9 Å². The van der Waals surface area contributed by atoms with Crippen molar-refractivity contribution in [3.05, 3.63) is 65.9 Å². The zero-order valence-corrected chi connectivity index (χ0v) is 20.3. The van der Waals surface area contributed by atoms with E-state index in [4.69, 9.17) is 9.47 Å². The summed E-state index contributed by atoms with van der Waals surface area (Å²) >= 11 is 0. The summed E-state index contributed by atoms with van der Waals surface area (Å²) in [6.07, 6.45) is 1.28. The van der Waals surface area contributed by atoms with Gasteiger partial charge in [-0.2, -0.15) is 0 Å². The lowest BCUT2D eigenvalue weighted by Gasteiger charge is -2.29. The average Bonchev–Trinajstić information content (AvgIpc) is 3.28. The van der Waals surface area contributed by atoms with E-state index in [2.05, 4.69) is 25.2 Å². The number of aromatic nitrogens is 3. The molecule has 10 heteroatoms. The minimum Gasteiger partial charge on any atom is -0.435 e. The van der Waals surface area contributed by atoms with Crippen molar-refractivity contribution in [2.75, 3.05) is 50.6 Å². The van der Waals surface area contributed by atoms with Crippen molar-refractivity contribution in [1.82, 2.24) is 19.9 Å². The SMILES string of the molecule is Cc1cc2c(F)c(Oc3ncnc(Nc4ccc(N5CCOCC5)cc4)c3C(=O)N(C)C)ccc2[nH]1. The third-order valence-electron chi connectivity index (χ3n) is 5.98. The molecule has 0 unspecified atom stereocenters. The fourth-order valence-electron chi connectivity index (χ4n) is 4.14. The number of fused-ring (bicyclic) bond motifs is 1. The molecule has 0 radical (unpaired) electrons. The monoisotopic (exact) mass is 490 g/mol. The minimum atomic E-state index is -0.535. The summed E-state index contributed by atoms with van der Waals surface area (Å²) in [4.78, 5) is 28.3. The molecule has 1 aliphatic heterocycles. The molecule has 4 aromatic rings. The number of anilines is 3. The van der Waals surface area contributed by atoms with E-state index in [9.17, 15) is 4.79 Å². The molecule has 1 fully saturated rings. The molecule has 3 heterocycles. The van der Waals surface area contributed by atoms with Crippen molar-refractivity contribution in [3.8, 4) is 11.6 Å². The number of rotatable bonds is 6. The molecule has 5 rings (SSSR count). The molecule has 186 valence electrons. The Labute approximate surface area is 207 Å². The Morgan fingerprint density at radius 3 is 2.61 bits per heavy atom. The predicted molar refractivity (Wildman–Crippen MR) is 136 cm³/mol. The Morgan fingerprint density at radius 2 is 1.89 bits per heavy atom. The van der Waals surface area contributed by atoms with Crippen LogP contribution in [0.1, 0.15) is 16.1 Å². The van der Waals surface area contributed by atoms with Gasteiger partial charge in [0.05, 0.1) is 13.2 Å². The van der Waals surface area contributed by atoms with E-state index >= 15 is 4.39 Å². The molecule has 36 heavy (non-hydrogen) atoms. The highest BCUT2D eigenvalue weighted by molar-refractivity contribution is 6.01. The number of H-pyrrole nitrogens is 1. The smallest absolute Gasteiger partial charge is 0.262 e. The quantitative estimate of drug-likeness (QED) is 0.411. The third-order valence-corrected chi connectivity index (χ3v) is 5.98. The van der Waals surface area contributed by atoms with Crippen LogP contribution in [0.3, 0.4) is 0 Å². The van der Waals surface area contributed by atoms with Crippen LogP contribution in [0.4, 0.5) is 21.6 Å². The summed E-state index contributed by atoms with van der Waals surface area (Å²) in [6.45, 7) is 4.94. The number of halogens is 1. The fraction of sp³-hybridized carbons (Fsp3) is 0.269. The highest BCUT2D eigenvalue weighted by atomic mass is 19.1. The second-order valence-corrected chi connectivity index (χ2v) is 8.77. The average molecular weight is 491 g/mol. The zero-order chi connectivity index (χ0) is 25.2. The van der Waals surface area contributed by atoms with E-state index < -0.39 is 5.82 Å². The number of hydrogen-bond acceptors (Lipinski definition) is 7. The summed E-state index contributed by atoms with van der Waals surface area (Å²) in [5.41, 5.74) is 3.42. The number of carbonyl (C=O) groups is 1. The number of nitrogens with one attached hydrogen (secondary N) is 2. The predicted octanol–water partition coefficient (Wildman–Crippen LogP) is 4.48. The third kappa shape index (κ3) is 4.67. The first kappa shape index (κ1) is 23.6. The number of aryl methyl sites for hydroxylation is 1. The molecular formula is C26H27FN6O3. The molecule has 1 amide bonds. The first-order valence-corrected chi connectivity index (χ1v) is 11.6. The van der Waals surface area contributed by atoms with Gasteiger partial charge < -0.3 is 29.6 Å². The number of aromatic amines is 1.